The number of hydrogen-bond donors (Lipinski definition) is 2. The molecule has 0 saturated heterocycles. The molecule has 1 unspecified atom stereocenters. The first kappa shape index (κ1) is 15.0. The molecule has 5 heteroatoms. The molecule has 0 spiro atoms. The maximum Gasteiger partial charge on any atom is 0.306 e. The summed E-state index contributed by atoms with van der Waals surface area (Å²) in [6.45, 7) is 4.17. The van der Waals surface area contributed by atoms with Crippen molar-refractivity contribution in [1.29, 1.82) is 0 Å². The second kappa shape index (κ2) is 6.39. The van der Waals surface area contributed by atoms with Crippen LogP contribution in [0.1, 0.15) is 44.0 Å². The monoisotopic (exact) mass is 295 g/mol. The van der Waals surface area contributed by atoms with Gasteiger partial charge in [0.2, 0.25) is 5.91 Å². The highest BCUT2D eigenvalue weighted by atomic mass is 32.1. The van der Waals surface area contributed by atoms with Crippen LogP contribution in [0.4, 0.5) is 0 Å². The molecule has 0 radical (unpaired) electrons. The van der Waals surface area contributed by atoms with E-state index in [0.29, 0.717) is 25.2 Å². The zero-order valence-corrected chi connectivity index (χ0v) is 12.7. The van der Waals surface area contributed by atoms with Crippen LogP contribution in [-0.2, 0) is 9.59 Å². The predicted octanol–water partition coefficient (Wildman–Crippen LogP) is 3.06. The zero-order chi connectivity index (χ0) is 14.7. The van der Waals surface area contributed by atoms with Gasteiger partial charge in [0, 0.05) is 10.8 Å². The van der Waals surface area contributed by atoms with Crippen LogP contribution >= 0.6 is 11.3 Å². The van der Waals surface area contributed by atoms with Crippen molar-refractivity contribution in [2.24, 2.45) is 17.8 Å². The van der Waals surface area contributed by atoms with E-state index in [2.05, 4.69) is 19.2 Å². The van der Waals surface area contributed by atoms with Gasteiger partial charge in [-0.2, -0.15) is 0 Å². The fourth-order valence-electron chi connectivity index (χ4n) is 2.75. The molecule has 0 bridgehead atoms. The number of nitrogens with one attached hydrogen (secondary N) is 1. The van der Waals surface area contributed by atoms with Crippen LogP contribution in [0, 0.1) is 17.8 Å². The largest absolute Gasteiger partial charge is 0.481 e. The molecule has 2 rings (SSSR count). The minimum Gasteiger partial charge on any atom is -0.481 e. The lowest BCUT2D eigenvalue weighted by Crippen LogP contribution is -2.35. The number of amides is 1. The topological polar surface area (TPSA) is 66.4 Å². The van der Waals surface area contributed by atoms with Crippen molar-refractivity contribution >= 4 is 23.2 Å². The van der Waals surface area contributed by atoms with E-state index >= 15 is 0 Å². The van der Waals surface area contributed by atoms with Gasteiger partial charge in [-0.15, -0.1) is 11.3 Å². The van der Waals surface area contributed by atoms with E-state index in [1.165, 1.54) is 0 Å². The highest BCUT2D eigenvalue weighted by Gasteiger charge is 2.35. The van der Waals surface area contributed by atoms with Crippen LogP contribution in [0.3, 0.4) is 0 Å². The van der Waals surface area contributed by atoms with Crippen molar-refractivity contribution in [2.75, 3.05) is 0 Å². The molecule has 1 aliphatic carbocycles. The summed E-state index contributed by atoms with van der Waals surface area (Å²) in [5, 5.41) is 14.1. The third-order valence-corrected chi connectivity index (χ3v) is 4.92. The molecule has 4 nitrogen and oxygen atoms in total. The molecule has 2 N–H and O–H groups in total. The summed E-state index contributed by atoms with van der Waals surface area (Å²) in [6.07, 6.45) is 1.76. The average Bonchev–Trinajstić information content (AvgIpc) is 3.05. The Balaban J connectivity index is 1.98. The summed E-state index contributed by atoms with van der Waals surface area (Å²) in [6, 6.07) is 4.04. The number of carbonyl (C=O) groups excluding carboxylic acids is 1. The zero-order valence-electron chi connectivity index (χ0n) is 11.8. The maximum atomic E-state index is 12.3. The van der Waals surface area contributed by atoms with Crippen LogP contribution in [-0.4, -0.2) is 17.0 Å². The molecule has 20 heavy (non-hydrogen) atoms. The molecule has 1 heterocycles. The van der Waals surface area contributed by atoms with Crippen molar-refractivity contribution in [1.82, 2.24) is 5.32 Å². The first-order valence-electron chi connectivity index (χ1n) is 7.05. The van der Waals surface area contributed by atoms with Crippen molar-refractivity contribution in [3.63, 3.8) is 0 Å². The third kappa shape index (κ3) is 3.39. The lowest BCUT2D eigenvalue weighted by atomic mass is 9.99. The molecular weight excluding hydrogens is 274 g/mol. The van der Waals surface area contributed by atoms with E-state index in [1.54, 1.807) is 11.3 Å². The third-order valence-electron chi connectivity index (χ3n) is 3.97. The van der Waals surface area contributed by atoms with E-state index in [-0.39, 0.29) is 23.8 Å². The lowest BCUT2D eigenvalue weighted by molar-refractivity contribution is -0.141. The van der Waals surface area contributed by atoms with Crippen molar-refractivity contribution in [3.05, 3.63) is 22.4 Å². The summed E-state index contributed by atoms with van der Waals surface area (Å²) in [4.78, 5) is 24.4. The lowest BCUT2D eigenvalue weighted by Gasteiger charge is -2.23. The Labute approximate surface area is 123 Å². The molecule has 0 aliphatic heterocycles. The Morgan fingerprint density at radius 1 is 1.35 bits per heavy atom. The minimum absolute atomic E-state index is 0.000787. The second-order valence-corrected chi connectivity index (χ2v) is 6.77. The fraction of sp³-hybridized carbons (Fsp3) is 0.600. The number of carboxylic acid groups (broad SMARTS) is 1. The van der Waals surface area contributed by atoms with Gasteiger partial charge in [-0.1, -0.05) is 19.9 Å². The summed E-state index contributed by atoms with van der Waals surface area (Å²) >= 11 is 1.64. The van der Waals surface area contributed by atoms with Crippen molar-refractivity contribution < 1.29 is 14.7 Å². The molecule has 1 amide bonds. The van der Waals surface area contributed by atoms with Crippen LogP contribution in [0.2, 0.25) is 0 Å². The fourth-order valence-corrected chi connectivity index (χ4v) is 3.70. The summed E-state index contributed by atoms with van der Waals surface area (Å²) in [7, 11) is 0. The maximum absolute atomic E-state index is 12.3. The molecule has 1 aliphatic rings. The summed E-state index contributed by atoms with van der Waals surface area (Å²) < 4.78 is 0. The molecule has 1 saturated carbocycles. The Bertz CT molecular complexity index is 469. The molecule has 0 aromatic carbocycles. The van der Waals surface area contributed by atoms with Gasteiger partial charge < -0.3 is 10.4 Å². The number of rotatable bonds is 5. The Hall–Kier alpha value is -1.36. The van der Waals surface area contributed by atoms with E-state index in [1.807, 2.05) is 17.5 Å². The van der Waals surface area contributed by atoms with Gasteiger partial charge in [0.25, 0.3) is 0 Å². The number of aliphatic carboxylic acids is 1. The van der Waals surface area contributed by atoms with Gasteiger partial charge in [-0.05, 0) is 36.6 Å². The quantitative estimate of drug-likeness (QED) is 0.877. The van der Waals surface area contributed by atoms with Crippen molar-refractivity contribution in [3.8, 4) is 0 Å². The first-order valence-corrected chi connectivity index (χ1v) is 7.93. The van der Waals surface area contributed by atoms with Crippen molar-refractivity contribution in [2.45, 2.75) is 39.2 Å². The SMILES string of the molecule is CC(C)C(NC(=O)[C@@H]1CC[C@H](C(=O)O)C1)c1cccs1. The van der Waals surface area contributed by atoms with Gasteiger partial charge in [-0.25, -0.2) is 0 Å². The number of carboxylic acids is 1. The molecular formula is C15H21NO3S. The molecule has 110 valence electrons. The molecule has 3 atom stereocenters. The first-order chi connectivity index (χ1) is 9.49. The van der Waals surface area contributed by atoms with E-state index < -0.39 is 5.97 Å². The average molecular weight is 295 g/mol. The summed E-state index contributed by atoms with van der Waals surface area (Å²) in [5.74, 6) is -0.976. The normalized spacial score (nSPS) is 23.8. The number of carbonyl (C=O) groups is 2. The minimum atomic E-state index is -0.779. The van der Waals surface area contributed by atoms with Gasteiger partial charge in [0.1, 0.15) is 0 Å². The predicted molar refractivity (Wildman–Crippen MR) is 78.5 cm³/mol. The number of hydrogen-bond acceptors (Lipinski definition) is 3. The van der Waals surface area contributed by atoms with E-state index in [9.17, 15) is 9.59 Å². The summed E-state index contributed by atoms with van der Waals surface area (Å²) in [5.41, 5.74) is 0. The molecule has 1 aromatic heterocycles. The van der Waals surface area contributed by atoms with Gasteiger partial charge >= 0.3 is 5.97 Å². The van der Waals surface area contributed by atoms with Crippen LogP contribution < -0.4 is 5.32 Å². The Morgan fingerprint density at radius 2 is 2.05 bits per heavy atom. The van der Waals surface area contributed by atoms with E-state index in [0.717, 1.165) is 4.88 Å². The number of thiophene rings is 1. The Morgan fingerprint density at radius 3 is 2.55 bits per heavy atom. The van der Waals surface area contributed by atoms with Crippen LogP contribution in [0.25, 0.3) is 0 Å². The highest BCUT2D eigenvalue weighted by molar-refractivity contribution is 7.10. The van der Waals surface area contributed by atoms with Gasteiger partial charge in [-0.3, -0.25) is 9.59 Å². The van der Waals surface area contributed by atoms with Crippen LogP contribution in [0.15, 0.2) is 17.5 Å². The second-order valence-electron chi connectivity index (χ2n) is 5.79. The Kier molecular flexibility index (Phi) is 4.81. The van der Waals surface area contributed by atoms with Crippen LogP contribution in [0.5, 0.6) is 0 Å². The van der Waals surface area contributed by atoms with E-state index in [4.69, 9.17) is 5.11 Å². The highest BCUT2D eigenvalue weighted by Crippen LogP contribution is 2.33. The molecule has 1 aromatic rings. The smallest absolute Gasteiger partial charge is 0.306 e. The molecule has 1 fully saturated rings. The standard InChI is InChI=1S/C15H21NO3S/c1-9(2)13(12-4-3-7-20-12)16-14(17)10-5-6-11(8-10)15(18)19/h3-4,7,9-11,13H,5-6,8H2,1-2H3,(H,16,17)(H,18,19)/t10-,11+,13?/m1/s1. The van der Waals surface area contributed by atoms with Gasteiger partial charge in [0.15, 0.2) is 0 Å². The van der Waals surface area contributed by atoms with Gasteiger partial charge in [0.05, 0.1) is 12.0 Å².